The van der Waals surface area contributed by atoms with Crippen LogP contribution in [0.15, 0.2) is 15.6 Å². The maximum Gasteiger partial charge on any atom is 0.410 e. The minimum Gasteiger partial charge on any atom is -0.444 e. The molecular formula is C22H40IN5O3. The first-order chi connectivity index (χ1) is 14.0. The summed E-state index contributed by atoms with van der Waals surface area (Å²) in [5.41, 5.74) is -0.519. The van der Waals surface area contributed by atoms with Crippen LogP contribution in [-0.4, -0.2) is 53.7 Å². The number of amides is 1. The van der Waals surface area contributed by atoms with Crippen molar-refractivity contribution >= 4 is 36.0 Å². The van der Waals surface area contributed by atoms with Gasteiger partial charge in [-0.3, -0.25) is 0 Å². The Kier molecular flexibility index (Phi) is 10.6. The minimum absolute atomic E-state index is 0. The molecule has 0 atom stereocenters. The predicted molar refractivity (Wildman–Crippen MR) is 134 cm³/mol. The summed E-state index contributed by atoms with van der Waals surface area (Å²) in [4.78, 5) is 22.9. The average molecular weight is 549 g/mol. The number of piperidine rings is 1. The number of guanidine groups is 1. The van der Waals surface area contributed by atoms with Gasteiger partial charge in [0.25, 0.3) is 0 Å². The van der Waals surface area contributed by atoms with Gasteiger partial charge in [-0.2, -0.15) is 0 Å². The molecule has 2 rings (SSSR count). The molecule has 9 heteroatoms. The number of halogens is 1. The standard InChI is InChI=1S/C22H39N5O3.HI/c1-8-23-19(26-15-18-24-14-17(29-18)21(2,3)4)25-13-16-9-11-27(12-10-16)20(28)30-22(5,6)7;/h14,16H,8-13,15H2,1-7H3,(H2,23,25,26);1H. The number of carbonyl (C=O) groups excluding carboxylic acids is 1. The van der Waals surface area contributed by atoms with E-state index in [0.29, 0.717) is 18.4 Å². The summed E-state index contributed by atoms with van der Waals surface area (Å²) in [7, 11) is 0. The van der Waals surface area contributed by atoms with E-state index in [-0.39, 0.29) is 35.5 Å². The maximum absolute atomic E-state index is 12.2. The Hall–Kier alpha value is -1.52. The Morgan fingerprint density at radius 3 is 2.39 bits per heavy atom. The minimum atomic E-state index is -0.455. The zero-order valence-electron chi connectivity index (χ0n) is 20.1. The molecule has 0 bridgehead atoms. The Labute approximate surface area is 204 Å². The summed E-state index contributed by atoms with van der Waals surface area (Å²) in [6.45, 7) is 17.4. The van der Waals surface area contributed by atoms with Crippen molar-refractivity contribution in [3.8, 4) is 0 Å². The fraction of sp³-hybridized carbons (Fsp3) is 0.773. The summed E-state index contributed by atoms with van der Waals surface area (Å²) in [6.07, 6.45) is 3.45. The summed E-state index contributed by atoms with van der Waals surface area (Å²) >= 11 is 0. The predicted octanol–water partition coefficient (Wildman–Crippen LogP) is 4.29. The SMILES string of the molecule is CCNC(=NCc1ncc(C(C)(C)C)o1)NCC1CCN(C(=O)OC(C)(C)C)CC1.I. The number of carbonyl (C=O) groups is 1. The summed E-state index contributed by atoms with van der Waals surface area (Å²) < 4.78 is 11.3. The van der Waals surface area contributed by atoms with Gasteiger partial charge in [-0.25, -0.2) is 14.8 Å². The quantitative estimate of drug-likeness (QED) is 0.324. The lowest BCUT2D eigenvalue weighted by molar-refractivity contribution is 0.0185. The van der Waals surface area contributed by atoms with E-state index in [1.807, 2.05) is 27.7 Å². The summed E-state index contributed by atoms with van der Waals surface area (Å²) in [5, 5.41) is 6.68. The van der Waals surface area contributed by atoms with Crippen molar-refractivity contribution in [2.75, 3.05) is 26.2 Å². The zero-order valence-corrected chi connectivity index (χ0v) is 22.4. The highest BCUT2D eigenvalue weighted by molar-refractivity contribution is 14.0. The third kappa shape index (κ3) is 9.65. The molecule has 178 valence electrons. The topological polar surface area (TPSA) is 92.0 Å². The third-order valence-corrected chi connectivity index (χ3v) is 4.83. The number of oxazole rings is 1. The van der Waals surface area contributed by atoms with Gasteiger partial charge in [0.1, 0.15) is 17.9 Å². The molecule has 0 aromatic carbocycles. The van der Waals surface area contributed by atoms with Gasteiger partial charge in [0.2, 0.25) is 5.89 Å². The van der Waals surface area contributed by atoms with E-state index in [1.165, 1.54) is 0 Å². The van der Waals surface area contributed by atoms with Crippen molar-refractivity contribution in [2.45, 2.75) is 78.9 Å². The highest BCUT2D eigenvalue weighted by Gasteiger charge is 2.27. The van der Waals surface area contributed by atoms with Crippen molar-refractivity contribution in [3.05, 3.63) is 17.8 Å². The molecule has 1 aromatic heterocycles. The van der Waals surface area contributed by atoms with Gasteiger partial charge in [-0.1, -0.05) is 20.8 Å². The monoisotopic (exact) mass is 549 g/mol. The van der Waals surface area contributed by atoms with E-state index >= 15 is 0 Å². The van der Waals surface area contributed by atoms with E-state index in [2.05, 4.69) is 41.4 Å². The van der Waals surface area contributed by atoms with Crippen LogP contribution in [0.4, 0.5) is 4.79 Å². The van der Waals surface area contributed by atoms with Gasteiger partial charge < -0.3 is 24.7 Å². The molecular weight excluding hydrogens is 509 g/mol. The van der Waals surface area contributed by atoms with Crippen LogP contribution < -0.4 is 10.6 Å². The smallest absolute Gasteiger partial charge is 0.410 e. The van der Waals surface area contributed by atoms with Gasteiger partial charge >= 0.3 is 6.09 Å². The first-order valence-corrected chi connectivity index (χ1v) is 10.9. The second kappa shape index (κ2) is 11.9. The molecule has 2 heterocycles. The number of rotatable bonds is 5. The van der Waals surface area contributed by atoms with Crippen LogP contribution in [-0.2, 0) is 16.7 Å². The van der Waals surface area contributed by atoms with E-state index in [1.54, 1.807) is 11.1 Å². The van der Waals surface area contributed by atoms with Gasteiger partial charge in [-0.05, 0) is 46.5 Å². The molecule has 0 radical (unpaired) electrons. The summed E-state index contributed by atoms with van der Waals surface area (Å²) in [6, 6.07) is 0. The molecule has 1 aromatic rings. The van der Waals surface area contributed by atoms with Crippen molar-refractivity contribution in [2.24, 2.45) is 10.9 Å². The fourth-order valence-electron chi connectivity index (χ4n) is 3.11. The number of hydrogen-bond acceptors (Lipinski definition) is 5. The van der Waals surface area contributed by atoms with Gasteiger partial charge in [0, 0.05) is 31.6 Å². The van der Waals surface area contributed by atoms with Gasteiger partial charge in [0.05, 0.1) is 6.20 Å². The second-order valence-electron chi connectivity index (χ2n) is 9.86. The zero-order chi connectivity index (χ0) is 22.4. The van der Waals surface area contributed by atoms with Crippen LogP contribution in [0.1, 0.15) is 73.0 Å². The van der Waals surface area contributed by atoms with Crippen LogP contribution in [0.2, 0.25) is 0 Å². The maximum atomic E-state index is 12.2. The third-order valence-electron chi connectivity index (χ3n) is 4.83. The lowest BCUT2D eigenvalue weighted by Crippen LogP contribution is -2.45. The van der Waals surface area contributed by atoms with Crippen LogP contribution in [0.5, 0.6) is 0 Å². The highest BCUT2D eigenvalue weighted by atomic mass is 127. The number of aromatic nitrogens is 1. The lowest BCUT2D eigenvalue weighted by Gasteiger charge is -2.33. The molecule has 0 aliphatic carbocycles. The number of nitrogens with one attached hydrogen (secondary N) is 2. The largest absolute Gasteiger partial charge is 0.444 e. The van der Waals surface area contributed by atoms with Crippen molar-refractivity contribution in [1.82, 2.24) is 20.5 Å². The average Bonchev–Trinajstić information content (AvgIpc) is 3.12. The Morgan fingerprint density at radius 1 is 1.23 bits per heavy atom. The van der Waals surface area contributed by atoms with E-state index in [0.717, 1.165) is 50.7 Å². The fourth-order valence-corrected chi connectivity index (χ4v) is 3.11. The van der Waals surface area contributed by atoms with E-state index < -0.39 is 5.60 Å². The number of hydrogen-bond donors (Lipinski definition) is 2. The molecule has 1 aliphatic rings. The molecule has 1 saturated heterocycles. The Bertz CT molecular complexity index is 713. The Morgan fingerprint density at radius 2 is 1.87 bits per heavy atom. The van der Waals surface area contributed by atoms with Crippen molar-refractivity contribution in [1.29, 1.82) is 0 Å². The van der Waals surface area contributed by atoms with Crippen LogP contribution in [0.3, 0.4) is 0 Å². The van der Waals surface area contributed by atoms with Gasteiger partial charge in [-0.15, -0.1) is 24.0 Å². The molecule has 0 unspecified atom stereocenters. The molecule has 2 N–H and O–H groups in total. The molecule has 0 spiro atoms. The number of likely N-dealkylation sites (tertiary alicyclic amines) is 1. The second-order valence-corrected chi connectivity index (χ2v) is 9.86. The van der Waals surface area contributed by atoms with Crippen LogP contribution in [0, 0.1) is 5.92 Å². The van der Waals surface area contributed by atoms with Crippen LogP contribution in [0.25, 0.3) is 0 Å². The molecule has 8 nitrogen and oxygen atoms in total. The van der Waals surface area contributed by atoms with E-state index in [4.69, 9.17) is 9.15 Å². The Balaban J connectivity index is 0.00000480. The van der Waals surface area contributed by atoms with Crippen molar-refractivity contribution in [3.63, 3.8) is 0 Å². The lowest BCUT2D eigenvalue weighted by atomic mass is 9.94. The normalized spacial score (nSPS) is 16.0. The van der Waals surface area contributed by atoms with E-state index in [9.17, 15) is 4.79 Å². The highest BCUT2D eigenvalue weighted by Crippen LogP contribution is 2.23. The number of ether oxygens (including phenoxy) is 1. The first-order valence-electron chi connectivity index (χ1n) is 10.9. The van der Waals surface area contributed by atoms with Gasteiger partial charge in [0.15, 0.2) is 5.96 Å². The molecule has 1 aliphatic heterocycles. The molecule has 31 heavy (non-hydrogen) atoms. The number of aliphatic imine (C=N–C) groups is 1. The molecule has 1 amide bonds. The van der Waals surface area contributed by atoms with Crippen LogP contribution >= 0.6 is 24.0 Å². The summed E-state index contributed by atoms with van der Waals surface area (Å²) in [5.74, 6) is 2.72. The number of nitrogens with zero attached hydrogens (tertiary/aromatic N) is 3. The van der Waals surface area contributed by atoms with Crippen molar-refractivity contribution < 1.29 is 13.9 Å². The first kappa shape index (κ1) is 27.5. The molecule has 0 saturated carbocycles. The molecule has 1 fully saturated rings.